The fourth-order valence-corrected chi connectivity index (χ4v) is 0.539. The molecule has 0 atom stereocenters. The first-order valence-electron chi connectivity index (χ1n) is 4.14. The topological polar surface area (TPSA) is 80.3 Å². The summed E-state index contributed by atoms with van der Waals surface area (Å²) in [6.07, 6.45) is 0.535. The molecule has 0 aliphatic heterocycles. The van der Waals surface area contributed by atoms with Gasteiger partial charge in [-0.05, 0) is 25.7 Å². The van der Waals surface area contributed by atoms with Crippen LogP contribution in [0.5, 0.6) is 0 Å². The van der Waals surface area contributed by atoms with Gasteiger partial charge in [-0.15, -0.1) is 0 Å². The third-order valence-electron chi connectivity index (χ3n) is 1.01. The maximum Gasteiger partial charge on any atom is 0.0414 e. The van der Waals surface area contributed by atoms with Crippen molar-refractivity contribution in [2.75, 3.05) is 0 Å². The Morgan fingerprint density at radius 3 is 1.46 bits per heavy atom. The van der Waals surface area contributed by atoms with Crippen LogP contribution in [0.4, 0.5) is 0 Å². The van der Waals surface area contributed by atoms with E-state index in [0.717, 1.165) is 0 Å². The molecule has 0 bridgehead atoms. The predicted molar refractivity (Wildman–Crippen MR) is 46.1 cm³/mol. The van der Waals surface area contributed by atoms with E-state index < -0.39 is 11.9 Å². The van der Waals surface area contributed by atoms with Gasteiger partial charge in [-0.2, -0.15) is 0 Å². The summed E-state index contributed by atoms with van der Waals surface area (Å²) in [6, 6.07) is 0. The average Bonchev–Trinajstić information content (AvgIpc) is 1.99. The van der Waals surface area contributed by atoms with Crippen LogP contribution in [0.1, 0.15) is 32.6 Å². The van der Waals surface area contributed by atoms with Crippen LogP contribution in [-0.4, -0.2) is 37.7 Å². The molecular formula is C8H14O4Pb. The fraction of sp³-hybridized carbons (Fsp3) is 0.750. The minimum absolute atomic E-state index is 0.0761. The summed E-state index contributed by atoms with van der Waals surface area (Å²) >= 11 is 1.22. The normalized spacial score (nSPS) is 8.31. The van der Waals surface area contributed by atoms with Crippen molar-refractivity contribution in [1.82, 2.24) is 0 Å². The molecule has 0 spiro atoms. The van der Waals surface area contributed by atoms with Crippen LogP contribution in [0.25, 0.3) is 0 Å². The number of carbonyl (C=O) groups is 2. The number of aliphatic carboxylic acids is 2. The van der Waals surface area contributed by atoms with Gasteiger partial charge in [0.15, 0.2) is 0 Å². The van der Waals surface area contributed by atoms with E-state index in [4.69, 9.17) is 0 Å². The van der Waals surface area contributed by atoms with Gasteiger partial charge in [0.05, 0.1) is 0 Å². The number of hydrogen-bond acceptors (Lipinski definition) is 4. The number of hydrogen-bond donors (Lipinski definition) is 0. The molecule has 0 fully saturated rings. The first-order chi connectivity index (χ1) is 6.04. The zero-order valence-corrected chi connectivity index (χ0v) is 12.2. The average molecular weight is 381 g/mol. The first kappa shape index (κ1) is 15.3. The Bertz CT molecular complexity index is 131. The fourth-order valence-electron chi connectivity index (χ4n) is 0.539. The molecule has 0 aromatic rings. The third-order valence-corrected chi connectivity index (χ3v) is 1.01. The maximum atomic E-state index is 9.77. The van der Waals surface area contributed by atoms with Crippen molar-refractivity contribution in [3.8, 4) is 0 Å². The van der Waals surface area contributed by atoms with Gasteiger partial charge in [-0.3, -0.25) is 0 Å². The largest absolute Gasteiger partial charge is 0.550 e. The number of unbranched alkanes of at least 4 members (excludes halogenated alkanes) is 1. The van der Waals surface area contributed by atoms with Crippen LogP contribution < -0.4 is 10.2 Å². The summed E-state index contributed by atoms with van der Waals surface area (Å²) < 4.78 is 1.42. The Morgan fingerprint density at radius 2 is 1.31 bits per heavy atom. The van der Waals surface area contributed by atoms with Crippen LogP contribution in [0, 0.1) is 0 Å². The molecule has 0 aliphatic carbocycles. The molecule has 0 N–H and O–H groups in total. The summed E-state index contributed by atoms with van der Waals surface area (Å²) in [5.74, 6) is -2.28. The first-order valence-corrected chi connectivity index (χ1v) is 7.31. The van der Waals surface area contributed by atoms with E-state index in [1.807, 2.05) is 0 Å². The van der Waals surface area contributed by atoms with Crippen LogP contribution in [-0.2, 0) is 9.59 Å². The Kier molecular flexibility index (Phi) is 14.0. The van der Waals surface area contributed by atoms with Crippen molar-refractivity contribution < 1.29 is 19.8 Å². The zero-order chi connectivity index (χ0) is 10.7. The Morgan fingerprint density at radius 1 is 1.08 bits per heavy atom. The van der Waals surface area contributed by atoms with Crippen LogP contribution in [0.3, 0.4) is 0 Å². The second-order valence-corrected chi connectivity index (χ2v) is 5.53. The third kappa shape index (κ3) is 24.5. The second-order valence-electron chi connectivity index (χ2n) is 2.36. The van der Waals surface area contributed by atoms with Gasteiger partial charge in [-0.1, -0.05) is 0 Å². The number of rotatable bonds is 5. The molecule has 74 valence electrons. The van der Waals surface area contributed by atoms with Crippen molar-refractivity contribution >= 4 is 37.7 Å². The van der Waals surface area contributed by atoms with Gasteiger partial charge in [-0.25, -0.2) is 0 Å². The van der Waals surface area contributed by atoms with E-state index in [1.54, 1.807) is 0 Å². The van der Waals surface area contributed by atoms with Gasteiger partial charge < -0.3 is 19.8 Å². The van der Waals surface area contributed by atoms with E-state index >= 15 is 0 Å². The quantitative estimate of drug-likeness (QED) is 0.423. The van der Waals surface area contributed by atoms with Crippen molar-refractivity contribution in [2.24, 2.45) is 0 Å². The molecule has 5 heteroatoms. The molecule has 0 saturated carbocycles. The molecule has 4 nitrogen and oxygen atoms in total. The summed E-state index contributed by atoms with van der Waals surface area (Å²) in [7, 11) is 0. The molecule has 0 radical (unpaired) electrons. The van der Waals surface area contributed by atoms with Crippen molar-refractivity contribution in [1.29, 1.82) is 0 Å². The molecule has 13 heavy (non-hydrogen) atoms. The minimum Gasteiger partial charge on any atom is -0.550 e. The Hall–Kier alpha value is -0.138. The van der Waals surface area contributed by atoms with Crippen molar-refractivity contribution in [3.63, 3.8) is 0 Å². The second kappa shape index (κ2) is 11.9. The van der Waals surface area contributed by atoms with E-state index in [-0.39, 0.29) is 12.8 Å². The number of carbonyl (C=O) groups excluding carboxylic acids is 2. The van der Waals surface area contributed by atoms with Gasteiger partial charge in [0.1, 0.15) is 0 Å². The van der Waals surface area contributed by atoms with Crippen LogP contribution in [0.15, 0.2) is 0 Å². The number of carboxylic acids is 2. The predicted octanol–water partition coefficient (Wildman–Crippen LogP) is -1.63. The molecule has 0 aliphatic rings. The number of carboxylic acid groups (broad SMARTS) is 2. The maximum absolute atomic E-state index is 9.77. The standard InChI is InChI=1S/C6H10O4.C2H5.Pb.H/c7-5(8)3-1-2-4-6(9)10;1-2;;/h1-4H2,(H,7,8)(H,9,10);1H2,2H3;;/q;;+2;/p-2. The summed E-state index contributed by atoms with van der Waals surface area (Å²) in [5, 5.41) is 19.5. The monoisotopic (exact) mass is 382 g/mol. The molecule has 0 aromatic carbocycles. The molecule has 0 heterocycles. The summed E-state index contributed by atoms with van der Waals surface area (Å²) in [6.45, 7) is 2.20. The molecule has 0 saturated heterocycles. The SMILES string of the molecule is C[CH2][PbH+2].O=C([O-])CCCCC(=O)[O-]. The molecular weight excluding hydrogens is 367 g/mol. The summed E-state index contributed by atoms with van der Waals surface area (Å²) in [4.78, 5) is 19.5. The minimum atomic E-state index is -1.14. The molecule has 0 amide bonds. The molecule has 0 unspecified atom stereocenters. The molecule has 0 rings (SSSR count). The summed E-state index contributed by atoms with van der Waals surface area (Å²) in [5.41, 5.74) is 0. The van der Waals surface area contributed by atoms with Crippen LogP contribution in [0.2, 0.25) is 3.98 Å². The zero-order valence-electron chi connectivity index (χ0n) is 7.75. The van der Waals surface area contributed by atoms with Gasteiger partial charge in [0, 0.05) is 11.9 Å². The van der Waals surface area contributed by atoms with E-state index in [1.165, 1.54) is 29.7 Å². The van der Waals surface area contributed by atoms with E-state index in [2.05, 4.69) is 6.92 Å². The van der Waals surface area contributed by atoms with Crippen molar-refractivity contribution in [2.45, 2.75) is 36.6 Å². The Labute approximate surface area is 94.0 Å². The smallest absolute Gasteiger partial charge is 0.0414 e. The van der Waals surface area contributed by atoms with Gasteiger partial charge >= 0.3 is 36.7 Å². The van der Waals surface area contributed by atoms with Crippen LogP contribution >= 0.6 is 0 Å². The van der Waals surface area contributed by atoms with E-state index in [0.29, 0.717) is 12.8 Å². The molecule has 0 aromatic heterocycles. The van der Waals surface area contributed by atoms with Gasteiger partial charge in [0.25, 0.3) is 0 Å². The van der Waals surface area contributed by atoms with E-state index in [9.17, 15) is 19.8 Å². The Balaban J connectivity index is 0. The van der Waals surface area contributed by atoms with Crippen molar-refractivity contribution in [3.05, 3.63) is 0 Å². The van der Waals surface area contributed by atoms with Gasteiger partial charge in [0.2, 0.25) is 0 Å².